The molecule has 8 heteroatoms. The van der Waals surface area contributed by atoms with Crippen LogP contribution >= 0.6 is 0 Å². The number of carboxylic acid groups (broad SMARTS) is 1. The predicted octanol–water partition coefficient (Wildman–Crippen LogP) is 1.89. The van der Waals surface area contributed by atoms with Gasteiger partial charge < -0.3 is 25.0 Å². The molecule has 0 aliphatic carbocycles. The standard InChI is InChI=1S/C19H20FN3O4/c1-9(4-21)11-5-22(6-11)16-14(20)3-12-15-18(16)27-8-10(2)23(15)7-13(17(12)24)19(25)26/h3,7,10H,4-6,8,21H2,1-2H3,(H,25,26). The number of halogens is 1. The lowest BCUT2D eigenvalue weighted by Crippen LogP contribution is -2.42. The maximum atomic E-state index is 15.0. The maximum Gasteiger partial charge on any atom is 0.341 e. The summed E-state index contributed by atoms with van der Waals surface area (Å²) in [5, 5.41) is 9.34. The molecule has 1 fully saturated rings. The van der Waals surface area contributed by atoms with Gasteiger partial charge in [0.05, 0.1) is 16.9 Å². The highest BCUT2D eigenvalue weighted by atomic mass is 19.1. The molecule has 2 aliphatic heterocycles. The first-order valence-corrected chi connectivity index (χ1v) is 8.73. The largest absolute Gasteiger partial charge is 0.487 e. The van der Waals surface area contributed by atoms with Gasteiger partial charge in [-0.3, -0.25) is 4.79 Å². The quantitative estimate of drug-likeness (QED) is 0.798. The van der Waals surface area contributed by atoms with Gasteiger partial charge in [-0.2, -0.15) is 0 Å². The second-order valence-electron chi connectivity index (χ2n) is 7.12. The smallest absolute Gasteiger partial charge is 0.341 e. The molecule has 0 radical (unpaired) electrons. The molecule has 1 saturated heterocycles. The predicted molar refractivity (Wildman–Crippen MR) is 99.3 cm³/mol. The summed E-state index contributed by atoms with van der Waals surface area (Å²) in [6.07, 6.45) is 1.32. The Labute approximate surface area is 154 Å². The fourth-order valence-electron chi connectivity index (χ4n) is 3.65. The molecule has 0 bridgehead atoms. The summed E-state index contributed by atoms with van der Waals surface area (Å²) >= 11 is 0. The minimum Gasteiger partial charge on any atom is -0.487 e. The molecule has 0 amide bonds. The lowest BCUT2D eigenvalue weighted by molar-refractivity contribution is 0.0694. The van der Waals surface area contributed by atoms with Crippen LogP contribution < -0.4 is 20.8 Å². The number of nitrogens with two attached hydrogens (primary N) is 1. The number of pyridine rings is 1. The SMILES string of the molecule is CC(CN)=C1CN(c2c(F)cc3c(=O)c(C(=O)O)cn4c3c2OCC4C)C1. The minimum absolute atomic E-state index is 0.0205. The number of hydrogen-bond acceptors (Lipinski definition) is 5. The number of rotatable bonds is 3. The van der Waals surface area contributed by atoms with Crippen LogP contribution in [0.4, 0.5) is 10.1 Å². The van der Waals surface area contributed by atoms with E-state index >= 15 is 0 Å². The second kappa shape index (κ2) is 6.09. The fraction of sp³-hybridized carbons (Fsp3) is 0.368. The molecule has 7 nitrogen and oxygen atoms in total. The number of ether oxygens (including phenoxy) is 1. The average molecular weight is 373 g/mol. The van der Waals surface area contributed by atoms with Crippen LogP contribution in [0, 0.1) is 5.82 Å². The van der Waals surface area contributed by atoms with Gasteiger partial charge in [-0.05, 0) is 25.5 Å². The zero-order valence-corrected chi connectivity index (χ0v) is 15.1. The van der Waals surface area contributed by atoms with E-state index in [2.05, 4.69) is 0 Å². The van der Waals surface area contributed by atoms with Crippen molar-refractivity contribution in [3.8, 4) is 5.75 Å². The Morgan fingerprint density at radius 1 is 1.44 bits per heavy atom. The number of benzene rings is 1. The van der Waals surface area contributed by atoms with E-state index < -0.39 is 17.2 Å². The fourth-order valence-corrected chi connectivity index (χ4v) is 3.65. The van der Waals surface area contributed by atoms with Gasteiger partial charge in [-0.15, -0.1) is 0 Å². The monoisotopic (exact) mass is 373 g/mol. The van der Waals surface area contributed by atoms with Crippen LogP contribution in [-0.4, -0.2) is 41.9 Å². The van der Waals surface area contributed by atoms with E-state index in [1.54, 1.807) is 4.57 Å². The lowest BCUT2D eigenvalue weighted by atomic mass is 9.99. The molecule has 0 saturated carbocycles. The van der Waals surface area contributed by atoms with Gasteiger partial charge in [0.15, 0.2) is 11.6 Å². The Morgan fingerprint density at radius 2 is 2.15 bits per heavy atom. The van der Waals surface area contributed by atoms with Crippen LogP contribution in [0.25, 0.3) is 10.9 Å². The van der Waals surface area contributed by atoms with Gasteiger partial charge in [0.25, 0.3) is 0 Å². The average Bonchev–Trinajstić information content (AvgIpc) is 2.59. The Morgan fingerprint density at radius 3 is 2.78 bits per heavy atom. The molecule has 27 heavy (non-hydrogen) atoms. The van der Waals surface area contributed by atoms with E-state index in [1.807, 2.05) is 18.7 Å². The third-order valence-electron chi connectivity index (χ3n) is 5.36. The highest BCUT2D eigenvalue weighted by Gasteiger charge is 2.33. The summed E-state index contributed by atoms with van der Waals surface area (Å²) in [7, 11) is 0. The van der Waals surface area contributed by atoms with Crippen molar-refractivity contribution in [2.24, 2.45) is 5.73 Å². The molecular weight excluding hydrogens is 353 g/mol. The summed E-state index contributed by atoms with van der Waals surface area (Å²) in [6, 6.07) is 0.946. The van der Waals surface area contributed by atoms with E-state index in [0.717, 1.165) is 17.2 Å². The van der Waals surface area contributed by atoms with Gasteiger partial charge in [0, 0.05) is 25.8 Å². The first-order chi connectivity index (χ1) is 12.8. The van der Waals surface area contributed by atoms with E-state index in [1.165, 1.54) is 6.20 Å². The topological polar surface area (TPSA) is 97.8 Å². The minimum atomic E-state index is -1.33. The molecule has 2 aromatic rings. The third kappa shape index (κ3) is 2.51. The first-order valence-electron chi connectivity index (χ1n) is 8.73. The van der Waals surface area contributed by atoms with Crippen LogP contribution in [-0.2, 0) is 0 Å². The number of aromatic carboxylic acids is 1. The summed E-state index contributed by atoms with van der Waals surface area (Å²) in [5.41, 5.74) is 7.57. The molecule has 1 aromatic heterocycles. The van der Waals surface area contributed by atoms with Crippen LogP contribution in [0.2, 0.25) is 0 Å². The molecule has 142 valence electrons. The highest BCUT2D eigenvalue weighted by molar-refractivity contribution is 5.97. The number of hydrogen-bond donors (Lipinski definition) is 2. The number of aromatic nitrogens is 1. The molecule has 0 spiro atoms. The van der Waals surface area contributed by atoms with Crippen molar-refractivity contribution >= 4 is 22.6 Å². The van der Waals surface area contributed by atoms with Crippen molar-refractivity contribution in [3.05, 3.63) is 45.0 Å². The highest BCUT2D eigenvalue weighted by Crippen LogP contribution is 2.43. The summed E-state index contributed by atoms with van der Waals surface area (Å²) in [4.78, 5) is 25.8. The van der Waals surface area contributed by atoms with Gasteiger partial charge in [0.2, 0.25) is 5.43 Å². The Balaban J connectivity index is 1.95. The summed E-state index contributed by atoms with van der Waals surface area (Å²) in [5.74, 6) is -1.63. The molecule has 1 atom stereocenters. The van der Waals surface area contributed by atoms with E-state index in [9.17, 15) is 19.1 Å². The molecule has 1 unspecified atom stereocenters. The Hall–Kier alpha value is -2.87. The third-order valence-corrected chi connectivity index (χ3v) is 5.36. The van der Waals surface area contributed by atoms with Gasteiger partial charge in [-0.1, -0.05) is 5.57 Å². The zero-order valence-electron chi connectivity index (χ0n) is 15.1. The molecule has 2 aliphatic rings. The summed E-state index contributed by atoms with van der Waals surface area (Å²) < 4.78 is 22.5. The molecule has 1 aromatic carbocycles. The molecule has 4 rings (SSSR count). The van der Waals surface area contributed by atoms with Crippen LogP contribution in [0.3, 0.4) is 0 Å². The zero-order chi connectivity index (χ0) is 19.5. The Kier molecular flexibility index (Phi) is 3.96. The van der Waals surface area contributed by atoms with Crippen molar-refractivity contribution < 1.29 is 19.0 Å². The second-order valence-corrected chi connectivity index (χ2v) is 7.12. The number of nitrogens with zero attached hydrogens (tertiary/aromatic N) is 2. The van der Waals surface area contributed by atoms with Crippen molar-refractivity contribution in [2.75, 3.05) is 31.1 Å². The van der Waals surface area contributed by atoms with Crippen molar-refractivity contribution in [1.82, 2.24) is 4.57 Å². The molecule has 3 heterocycles. The van der Waals surface area contributed by atoms with Crippen molar-refractivity contribution in [3.63, 3.8) is 0 Å². The van der Waals surface area contributed by atoms with Gasteiger partial charge >= 0.3 is 5.97 Å². The molecule has 3 N–H and O–H groups in total. The van der Waals surface area contributed by atoms with Gasteiger partial charge in [-0.25, -0.2) is 9.18 Å². The molecular formula is C19H20FN3O4. The van der Waals surface area contributed by atoms with E-state index in [0.29, 0.717) is 36.6 Å². The van der Waals surface area contributed by atoms with Crippen molar-refractivity contribution in [1.29, 1.82) is 0 Å². The maximum absolute atomic E-state index is 15.0. The van der Waals surface area contributed by atoms with Crippen LogP contribution in [0.15, 0.2) is 28.2 Å². The lowest BCUT2D eigenvalue weighted by Gasteiger charge is -2.40. The van der Waals surface area contributed by atoms with E-state index in [-0.39, 0.29) is 23.6 Å². The van der Waals surface area contributed by atoms with E-state index in [4.69, 9.17) is 10.5 Å². The number of carboxylic acids is 1. The van der Waals surface area contributed by atoms with Crippen LogP contribution in [0.5, 0.6) is 5.75 Å². The number of anilines is 1. The van der Waals surface area contributed by atoms with Crippen molar-refractivity contribution in [2.45, 2.75) is 19.9 Å². The van der Waals surface area contributed by atoms with Gasteiger partial charge in [0.1, 0.15) is 17.9 Å². The first kappa shape index (κ1) is 17.5. The summed E-state index contributed by atoms with van der Waals surface area (Å²) in [6.45, 7) is 5.64. The Bertz CT molecular complexity index is 1070. The van der Waals surface area contributed by atoms with Crippen LogP contribution in [0.1, 0.15) is 30.2 Å². The number of carbonyl (C=O) groups is 1. The normalized spacial score (nSPS) is 18.3.